The first-order valence-electron chi connectivity index (χ1n) is 6.24. The first-order chi connectivity index (χ1) is 8.70. The largest absolute Gasteiger partial charge is 0.384 e. The van der Waals surface area contributed by atoms with Gasteiger partial charge in [0.25, 0.3) is 5.91 Å². The van der Waals surface area contributed by atoms with Crippen LogP contribution in [0.4, 0.5) is 4.39 Å². The van der Waals surface area contributed by atoms with E-state index in [1.807, 2.05) is 4.90 Å². The molecule has 0 bridgehead atoms. The molecule has 1 aliphatic heterocycles. The molecule has 3 nitrogen and oxygen atoms in total. The first-order valence-corrected chi connectivity index (χ1v) is 6.24. The number of piperidine rings is 1. The van der Waals surface area contributed by atoms with Gasteiger partial charge in [-0.2, -0.15) is 0 Å². The number of benzene rings is 1. The summed E-state index contributed by atoms with van der Waals surface area (Å²) in [4.78, 5) is 14.1. The van der Waals surface area contributed by atoms with Crippen LogP contribution in [0.2, 0.25) is 0 Å². The van der Waals surface area contributed by atoms with Crippen LogP contribution in [0.15, 0.2) is 24.3 Å². The molecule has 1 fully saturated rings. The molecule has 1 saturated heterocycles. The summed E-state index contributed by atoms with van der Waals surface area (Å²) in [6.45, 7) is 2.19. The minimum absolute atomic E-state index is 0.0178. The molecule has 0 aromatic heterocycles. The number of ether oxygens (including phenoxy) is 1. The van der Waals surface area contributed by atoms with Crippen LogP contribution in [0, 0.1) is 11.7 Å². The van der Waals surface area contributed by atoms with Gasteiger partial charge in [0.1, 0.15) is 5.82 Å². The van der Waals surface area contributed by atoms with Crippen molar-refractivity contribution in [2.24, 2.45) is 5.92 Å². The molecule has 98 valence electrons. The van der Waals surface area contributed by atoms with E-state index >= 15 is 0 Å². The minimum atomic E-state index is -0.317. The topological polar surface area (TPSA) is 29.5 Å². The Kier molecular flexibility index (Phi) is 4.31. The molecule has 1 amide bonds. The molecular formula is C14H18FNO2. The van der Waals surface area contributed by atoms with Crippen molar-refractivity contribution in [1.29, 1.82) is 0 Å². The lowest BCUT2D eigenvalue weighted by Crippen LogP contribution is -2.41. The van der Waals surface area contributed by atoms with Gasteiger partial charge in [0.05, 0.1) is 6.61 Å². The molecule has 1 unspecified atom stereocenters. The fourth-order valence-electron chi connectivity index (χ4n) is 2.40. The lowest BCUT2D eigenvalue weighted by atomic mass is 9.98. The van der Waals surface area contributed by atoms with Crippen LogP contribution in [-0.2, 0) is 4.74 Å². The van der Waals surface area contributed by atoms with Crippen LogP contribution in [0.25, 0.3) is 0 Å². The van der Waals surface area contributed by atoms with E-state index in [9.17, 15) is 9.18 Å². The third-order valence-corrected chi connectivity index (χ3v) is 3.30. The zero-order valence-electron chi connectivity index (χ0n) is 10.6. The van der Waals surface area contributed by atoms with Crippen molar-refractivity contribution in [3.05, 3.63) is 35.6 Å². The van der Waals surface area contributed by atoms with E-state index in [1.54, 1.807) is 7.11 Å². The Morgan fingerprint density at radius 3 is 2.83 bits per heavy atom. The van der Waals surface area contributed by atoms with E-state index in [0.717, 1.165) is 25.9 Å². The predicted molar refractivity (Wildman–Crippen MR) is 66.9 cm³/mol. The Morgan fingerprint density at radius 1 is 1.44 bits per heavy atom. The average molecular weight is 251 g/mol. The van der Waals surface area contributed by atoms with Crippen molar-refractivity contribution < 1.29 is 13.9 Å². The molecular weight excluding hydrogens is 233 g/mol. The summed E-state index contributed by atoms with van der Waals surface area (Å²) in [5.74, 6) is 0.0754. The van der Waals surface area contributed by atoms with E-state index in [4.69, 9.17) is 4.74 Å². The van der Waals surface area contributed by atoms with Gasteiger partial charge < -0.3 is 9.64 Å². The summed E-state index contributed by atoms with van der Waals surface area (Å²) < 4.78 is 18.0. The minimum Gasteiger partial charge on any atom is -0.384 e. The van der Waals surface area contributed by atoms with Gasteiger partial charge in [-0.05, 0) is 43.0 Å². The number of carbonyl (C=O) groups is 1. The predicted octanol–water partition coefficient (Wildman–Crippen LogP) is 2.32. The van der Waals surface area contributed by atoms with Gasteiger partial charge in [-0.25, -0.2) is 4.39 Å². The first kappa shape index (κ1) is 13.0. The molecule has 1 atom stereocenters. The maximum Gasteiger partial charge on any atom is 0.253 e. The molecule has 0 spiro atoms. The molecule has 0 radical (unpaired) electrons. The van der Waals surface area contributed by atoms with Gasteiger partial charge in [-0.3, -0.25) is 4.79 Å². The van der Waals surface area contributed by atoms with Crippen molar-refractivity contribution in [3.8, 4) is 0 Å². The van der Waals surface area contributed by atoms with Gasteiger partial charge >= 0.3 is 0 Å². The second-order valence-electron chi connectivity index (χ2n) is 4.72. The van der Waals surface area contributed by atoms with Crippen molar-refractivity contribution in [2.45, 2.75) is 12.8 Å². The van der Waals surface area contributed by atoms with E-state index in [2.05, 4.69) is 0 Å². The molecule has 1 heterocycles. The van der Waals surface area contributed by atoms with Crippen LogP contribution >= 0.6 is 0 Å². The van der Waals surface area contributed by atoms with Gasteiger partial charge in [0, 0.05) is 25.8 Å². The number of hydrogen-bond acceptors (Lipinski definition) is 2. The maximum atomic E-state index is 12.8. The van der Waals surface area contributed by atoms with Crippen LogP contribution < -0.4 is 0 Å². The van der Waals surface area contributed by atoms with Crippen LogP contribution in [0.3, 0.4) is 0 Å². The van der Waals surface area contributed by atoms with Crippen molar-refractivity contribution in [1.82, 2.24) is 4.90 Å². The van der Waals surface area contributed by atoms with Gasteiger partial charge in [0.2, 0.25) is 0 Å². The van der Waals surface area contributed by atoms with E-state index in [-0.39, 0.29) is 11.7 Å². The molecule has 0 N–H and O–H groups in total. The van der Waals surface area contributed by atoms with Crippen molar-refractivity contribution in [3.63, 3.8) is 0 Å². The number of rotatable bonds is 3. The summed E-state index contributed by atoms with van der Waals surface area (Å²) in [5, 5.41) is 0. The molecule has 4 heteroatoms. The van der Waals surface area contributed by atoms with Crippen molar-refractivity contribution >= 4 is 5.91 Å². The van der Waals surface area contributed by atoms with Crippen molar-refractivity contribution in [2.75, 3.05) is 26.8 Å². The Morgan fingerprint density at radius 2 is 2.17 bits per heavy atom. The second-order valence-corrected chi connectivity index (χ2v) is 4.72. The zero-order chi connectivity index (χ0) is 13.0. The SMILES string of the molecule is COCC1CCCN(C(=O)c2ccc(F)cc2)C1. The van der Waals surface area contributed by atoms with E-state index in [0.29, 0.717) is 18.1 Å². The summed E-state index contributed by atoms with van der Waals surface area (Å²) in [6, 6.07) is 5.73. The Labute approximate surface area is 107 Å². The van der Waals surface area contributed by atoms with Gasteiger partial charge in [0.15, 0.2) is 0 Å². The van der Waals surface area contributed by atoms with E-state index in [1.165, 1.54) is 24.3 Å². The fraction of sp³-hybridized carbons (Fsp3) is 0.500. The summed E-state index contributed by atoms with van der Waals surface area (Å²) in [7, 11) is 1.68. The van der Waals surface area contributed by atoms with Gasteiger partial charge in [-0.15, -0.1) is 0 Å². The average Bonchev–Trinajstić information content (AvgIpc) is 2.39. The smallest absolute Gasteiger partial charge is 0.253 e. The highest BCUT2D eigenvalue weighted by Gasteiger charge is 2.24. The standard InChI is InChI=1S/C14H18FNO2/c1-18-10-11-3-2-8-16(9-11)14(17)12-4-6-13(15)7-5-12/h4-7,11H,2-3,8-10H2,1H3. The molecule has 1 aromatic rings. The highest BCUT2D eigenvalue weighted by Crippen LogP contribution is 2.19. The highest BCUT2D eigenvalue weighted by atomic mass is 19.1. The molecule has 1 aromatic carbocycles. The van der Waals surface area contributed by atoms with E-state index < -0.39 is 0 Å². The Bertz CT molecular complexity index is 403. The number of amides is 1. The number of hydrogen-bond donors (Lipinski definition) is 0. The van der Waals surface area contributed by atoms with Gasteiger partial charge in [-0.1, -0.05) is 0 Å². The summed E-state index contributed by atoms with van der Waals surface area (Å²) >= 11 is 0. The molecule has 2 rings (SSSR count). The number of likely N-dealkylation sites (tertiary alicyclic amines) is 1. The molecule has 1 aliphatic rings. The monoisotopic (exact) mass is 251 g/mol. The zero-order valence-corrected chi connectivity index (χ0v) is 10.6. The Hall–Kier alpha value is -1.42. The third-order valence-electron chi connectivity index (χ3n) is 3.30. The Balaban J connectivity index is 2.02. The summed E-state index contributed by atoms with van der Waals surface area (Å²) in [6.07, 6.45) is 2.10. The molecule has 18 heavy (non-hydrogen) atoms. The maximum absolute atomic E-state index is 12.8. The third kappa shape index (κ3) is 3.07. The number of methoxy groups -OCH3 is 1. The number of carbonyl (C=O) groups excluding carboxylic acids is 1. The number of halogens is 1. The normalized spacial score (nSPS) is 19.9. The molecule has 0 saturated carbocycles. The van der Waals surface area contributed by atoms with Crippen LogP contribution in [0.1, 0.15) is 23.2 Å². The lowest BCUT2D eigenvalue weighted by molar-refractivity contribution is 0.0571. The fourth-order valence-corrected chi connectivity index (χ4v) is 2.40. The quantitative estimate of drug-likeness (QED) is 0.825. The summed E-state index contributed by atoms with van der Waals surface area (Å²) in [5.41, 5.74) is 0.550. The lowest BCUT2D eigenvalue weighted by Gasteiger charge is -2.32. The van der Waals surface area contributed by atoms with Crippen LogP contribution in [-0.4, -0.2) is 37.6 Å². The second kappa shape index (κ2) is 5.96. The highest BCUT2D eigenvalue weighted by molar-refractivity contribution is 5.94. The molecule has 0 aliphatic carbocycles. The number of nitrogens with zero attached hydrogens (tertiary/aromatic N) is 1. The van der Waals surface area contributed by atoms with Crippen LogP contribution in [0.5, 0.6) is 0 Å².